The van der Waals surface area contributed by atoms with E-state index >= 15 is 0 Å². The van der Waals surface area contributed by atoms with Crippen LogP contribution in [0.3, 0.4) is 0 Å². The normalized spacial score (nSPS) is 11.3. The third kappa shape index (κ3) is 5.94. The summed E-state index contributed by atoms with van der Waals surface area (Å²) in [7, 11) is 0. The molecule has 0 bridgehead atoms. The second-order valence-corrected chi connectivity index (χ2v) is 5.94. The molecule has 0 unspecified atom stereocenters. The molecule has 0 saturated carbocycles. The maximum atomic E-state index is 12.1. The van der Waals surface area contributed by atoms with Crippen molar-refractivity contribution in [3.63, 3.8) is 0 Å². The Morgan fingerprint density at radius 3 is 2.44 bits per heavy atom. The van der Waals surface area contributed by atoms with E-state index in [0.29, 0.717) is 24.5 Å². The van der Waals surface area contributed by atoms with Gasteiger partial charge in [-0.3, -0.25) is 4.79 Å². The molecule has 5 N–H and O–H groups in total. The Labute approximate surface area is 170 Å². The molecule has 8 heteroatoms. The first-order chi connectivity index (χ1) is 12.2. The van der Waals surface area contributed by atoms with Crippen molar-refractivity contribution in [3.05, 3.63) is 48.5 Å². The quantitative estimate of drug-likeness (QED) is 0.514. The highest BCUT2D eigenvalue weighted by atomic mass is 35.5. The number of nitrogens with zero attached hydrogens (tertiary/aromatic N) is 1. The third-order valence-corrected chi connectivity index (χ3v) is 4.00. The summed E-state index contributed by atoms with van der Waals surface area (Å²) in [5.41, 5.74) is 14.4. The zero-order chi connectivity index (χ0) is 17.6. The predicted octanol–water partition coefficient (Wildman–Crippen LogP) is 3.73. The Balaban J connectivity index is 0.00000182. The molecule has 1 heterocycles. The van der Waals surface area contributed by atoms with Crippen molar-refractivity contribution in [2.24, 2.45) is 11.5 Å². The zero-order valence-corrected chi connectivity index (χ0v) is 16.4. The Hall–Kier alpha value is -2.12. The van der Waals surface area contributed by atoms with Gasteiger partial charge >= 0.3 is 0 Å². The van der Waals surface area contributed by atoms with Crippen LogP contribution in [-0.4, -0.2) is 23.5 Å². The molecular weight excluding hydrogens is 387 g/mol. The summed E-state index contributed by atoms with van der Waals surface area (Å²) in [6, 6.07) is 14.4. The van der Waals surface area contributed by atoms with E-state index in [1.54, 1.807) is 0 Å². The fourth-order valence-electron chi connectivity index (χ4n) is 2.57. The van der Waals surface area contributed by atoms with E-state index in [2.05, 4.69) is 10.3 Å². The fourth-order valence-corrected chi connectivity index (χ4v) is 2.57. The zero-order valence-electron chi connectivity index (χ0n) is 14.8. The van der Waals surface area contributed by atoms with E-state index in [1.165, 1.54) is 0 Å². The number of oxazole rings is 1. The average molecular weight is 411 g/mol. The molecule has 1 amide bonds. The van der Waals surface area contributed by atoms with Gasteiger partial charge in [0.05, 0.1) is 6.04 Å². The number of amides is 1. The number of carbonyl (C=O) groups excluding carboxylic acids is 1. The van der Waals surface area contributed by atoms with E-state index in [9.17, 15) is 4.79 Å². The van der Waals surface area contributed by atoms with Crippen molar-refractivity contribution in [1.82, 2.24) is 4.98 Å². The smallest absolute Gasteiger partial charge is 0.241 e. The number of para-hydroxylation sites is 2. The van der Waals surface area contributed by atoms with Gasteiger partial charge in [-0.25, -0.2) is 4.98 Å². The molecule has 1 atom stereocenters. The number of carbonyl (C=O) groups is 1. The Morgan fingerprint density at radius 1 is 1.07 bits per heavy atom. The lowest BCUT2D eigenvalue weighted by atomic mass is 10.1. The molecule has 2 aromatic carbocycles. The maximum Gasteiger partial charge on any atom is 0.241 e. The lowest BCUT2D eigenvalue weighted by Crippen LogP contribution is -2.35. The van der Waals surface area contributed by atoms with Gasteiger partial charge in [-0.2, -0.15) is 0 Å². The average Bonchev–Trinajstić information content (AvgIpc) is 3.06. The van der Waals surface area contributed by atoms with Gasteiger partial charge in [0, 0.05) is 11.3 Å². The number of hydrogen-bond donors (Lipinski definition) is 3. The largest absolute Gasteiger partial charge is 0.436 e. The minimum absolute atomic E-state index is 0. The number of halogens is 2. The first-order valence-electron chi connectivity index (χ1n) is 8.40. The van der Waals surface area contributed by atoms with Crippen molar-refractivity contribution >= 4 is 47.5 Å². The molecule has 0 spiro atoms. The third-order valence-electron chi connectivity index (χ3n) is 4.00. The molecule has 0 aliphatic rings. The highest BCUT2D eigenvalue weighted by Gasteiger charge is 2.13. The number of unbranched alkanes of at least 4 members (excludes halogenated alkanes) is 1. The van der Waals surface area contributed by atoms with E-state index in [4.69, 9.17) is 15.9 Å². The molecule has 3 rings (SSSR count). The highest BCUT2D eigenvalue weighted by Crippen LogP contribution is 2.25. The summed E-state index contributed by atoms with van der Waals surface area (Å²) in [5, 5.41) is 2.83. The lowest BCUT2D eigenvalue weighted by molar-refractivity contribution is -0.117. The van der Waals surface area contributed by atoms with Crippen LogP contribution in [-0.2, 0) is 4.79 Å². The molecule has 0 aliphatic heterocycles. The van der Waals surface area contributed by atoms with Crippen LogP contribution < -0.4 is 16.8 Å². The molecule has 0 saturated heterocycles. The minimum Gasteiger partial charge on any atom is -0.436 e. The van der Waals surface area contributed by atoms with Crippen LogP contribution in [0.1, 0.15) is 19.3 Å². The number of aromatic nitrogens is 1. The Bertz CT molecular complexity index is 819. The molecule has 3 aromatic rings. The molecule has 0 aliphatic carbocycles. The summed E-state index contributed by atoms with van der Waals surface area (Å²) in [6.45, 7) is 0.617. The van der Waals surface area contributed by atoms with Crippen LogP contribution in [0.25, 0.3) is 22.6 Å². The number of fused-ring (bicyclic) bond motifs is 1. The number of anilines is 1. The fraction of sp³-hybridized carbons (Fsp3) is 0.263. The molecule has 27 heavy (non-hydrogen) atoms. The van der Waals surface area contributed by atoms with Crippen molar-refractivity contribution < 1.29 is 9.21 Å². The van der Waals surface area contributed by atoms with Crippen molar-refractivity contribution in [2.75, 3.05) is 11.9 Å². The van der Waals surface area contributed by atoms with Crippen LogP contribution in [0.5, 0.6) is 0 Å². The number of benzene rings is 2. The molecule has 0 radical (unpaired) electrons. The monoisotopic (exact) mass is 410 g/mol. The molecule has 6 nitrogen and oxygen atoms in total. The highest BCUT2D eigenvalue weighted by molar-refractivity contribution is 5.94. The van der Waals surface area contributed by atoms with Crippen LogP contribution in [0.15, 0.2) is 52.9 Å². The first kappa shape index (κ1) is 22.9. The molecular formula is C19H24Cl2N4O2. The summed E-state index contributed by atoms with van der Waals surface area (Å²) in [6.07, 6.45) is 2.35. The first-order valence-corrected chi connectivity index (χ1v) is 8.40. The van der Waals surface area contributed by atoms with E-state index in [0.717, 1.165) is 29.5 Å². The van der Waals surface area contributed by atoms with Gasteiger partial charge in [-0.05, 0) is 55.8 Å². The topological polar surface area (TPSA) is 107 Å². The van der Waals surface area contributed by atoms with Gasteiger partial charge in [-0.1, -0.05) is 18.6 Å². The van der Waals surface area contributed by atoms with Crippen molar-refractivity contribution in [3.8, 4) is 11.5 Å². The van der Waals surface area contributed by atoms with Crippen LogP contribution in [0.2, 0.25) is 0 Å². The summed E-state index contributed by atoms with van der Waals surface area (Å²) in [4.78, 5) is 16.5. The molecule has 1 aromatic heterocycles. The van der Waals surface area contributed by atoms with Gasteiger partial charge in [0.1, 0.15) is 5.52 Å². The van der Waals surface area contributed by atoms with E-state index < -0.39 is 6.04 Å². The number of rotatable bonds is 7. The number of hydrogen-bond acceptors (Lipinski definition) is 5. The second kappa shape index (κ2) is 10.9. The number of nitrogens with two attached hydrogens (primary N) is 2. The van der Waals surface area contributed by atoms with Gasteiger partial charge in [0.15, 0.2) is 5.58 Å². The van der Waals surface area contributed by atoms with Gasteiger partial charge in [0.25, 0.3) is 0 Å². The van der Waals surface area contributed by atoms with E-state index in [-0.39, 0.29) is 30.7 Å². The SMILES string of the molecule is Cl.Cl.NCCCC[C@H](N)C(=O)Nc1ccc(-c2nc3ccccc3o2)cc1. The molecule has 146 valence electrons. The lowest BCUT2D eigenvalue weighted by Gasteiger charge is -2.12. The number of nitrogens with one attached hydrogen (secondary N) is 1. The van der Waals surface area contributed by atoms with Crippen LogP contribution in [0, 0.1) is 0 Å². The minimum atomic E-state index is -0.525. The van der Waals surface area contributed by atoms with Crippen LogP contribution in [0.4, 0.5) is 5.69 Å². The second-order valence-electron chi connectivity index (χ2n) is 5.94. The summed E-state index contributed by atoms with van der Waals surface area (Å²) < 4.78 is 5.74. The van der Waals surface area contributed by atoms with Crippen molar-refractivity contribution in [2.45, 2.75) is 25.3 Å². The van der Waals surface area contributed by atoms with Gasteiger partial charge < -0.3 is 21.2 Å². The molecule has 0 fully saturated rings. The summed E-state index contributed by atoms with van der Waals surface area (Å²) in [5.74, 6) is 0.365. The predicted molar refractivity (Wildman–Crippen MR) is 113 cm³/mol. The van der Waals surface area contributed by atoms with Crippen molar-refractivity contribution in [1.29, 1.82) is 0 Å². The Kier molecular flexibility index (Phi) is 9.25. The standard InChI is InChI=1S/C19H22N4O2.2ClH/c20-12-4-3-5-15(21)18(24)22-14-10-8-13(9-11-14)19-23-16-6-1-2-7-17(16)25-19;;/h1-2,6-11,15H,3-5,12,20-21H2,(H,22,24);2*1H/t15-;;/m0../s1. The van der Waals surface area contributed by atoms with E-state index in [1.807, 2.05) is 48.5 Å². The summed E-state index contributed by atoms with van der Waals surface area (Å²) >= 11 is 0. The van der Waals surface area contributed by atoms with Gasteiger partial charge in [-0.15, -0.1) is 24.8 Å². The Morgan fingerprint density at radius 2 is 1.78 bits per heavy atom. The van der Waals surface area contributed by atoms with Crippen LogP contribution >= 0.6 is 24.8 Å². The van der Waals surface area contributed by atoms with Gasteiger partial charge in [0.2, 0.25) is 11.8 Å². The maximum absolute atomic E-state index is 12.1.